The van der Waals surface area contributed by atoms with E-state index in [1.54, 1.807) is 6.92 Å². The molecule has 104 valence electrons. The van der Waals surface area contributed by atoms with Crippen LogP contribution in [-0.4, -0.2) is 39.5 Å². The van der Waals surface area contributed by atoms with Gasteiger partial charge in [-0.1, -0.05) is 11.6 Å². The number of methoxy groups -OCH3 is 1. The molecule has 0 N–H and O–H groups in total. The second-order valence-electron chi connectivity index (χ2n) is 4.08. The van der Waals surface area contributed by atoms with Crippen molar-refractivity contribution in [1.29, 1.82) is 5.26 Å². The number of hydrogen-bond donors (Lipinski definition) is 0. The molecule has 0 bridgehead atoms. The Labute approximate surface area is 118 Å². The third-order valence-corrected chi connectivity index (χ3v) is 5.20. The standard InChI is InChI=1S/C12H15ClN2O3S/c1-9(8-18-3)15(2)19(16,17)12-6-10(7-14)4-5-11(12)13/h4-6,9H,8H2,1-3H3. The zero-order chi connectivity index (χ0) is 14.6. The lowest BCUT2D eigenvalue weighted by atomic mass is 10.2. The molecule has 1 atom stereocenters. The van der Waals surface area contributed by atoms with Gasteiger partial charge in [-0.15, -0.1) is 0 Å². The number of likely N-dealkylation sites (N-methyl/N-ethyl adjacent to an activating group) is 1. The molecule has 0 saturated carbocycles. The van der Waals surface area contributed by atoms with Crippen molar-refractivity contribution in [3.63, 3.8) is 0 Å². The fraction of sp³-hybridized carbons (Fsp3) is 0.417. The van der Waals surface area contributed by atoms with Gasteiger partial charge in [-0.2, -0.15) is 9.57 Å². The maximum absolute atomic E-state index is 12.4. The van der Waals surface area contributed by atoms with Gasteiger partial charge in [0, 0.05) is 20.2 Å². The average molecular weight is 303 g/mol. The molecular weight excluding hydrogens is 288 g/mol. The van der Waals surface area contributed by atoms with Gasteiger partial charge in [0.05, 0.1) is 23.3 Å². The fourth-order valence-corrected chi connectivity index (χ4v) is 3.35. The molecule has 1 rings (SSSR count). The van der Waals surface area contributed by atoms with E-state index in [9.17, 15) is 8.42 Å². The van der Waals surface area contributed by atoms with Crippen LogP contribution < -0.4 is 0 Å². The normalized spacial score (nSPS) is 13.3. The summed E-state index contributed by atoms with van der Waals surface area (Å²) in [6, 6.07) is 5.71. The summed E-state index contributed by atoms with van der Waals surface area (Å²) in [5, 5.41) is 8.92. The Morgan fingerprint density at radius 3 is 2.68 bits per heavy atom. The molecule has 0 aromatic heterocycles. The zero-order valence-electron chi connectivity index (χ0n) is 10.9. The molecule has 1 aromatic rings. The first-order valence-corrected chi connectivity index (χ1v) is 7.33. The lowest BCUT2D eigenvalue weighted by Gasteiger charge is -2.24. The number of sulfonamides is 1. The largest absolute Gasteiger partial charge is 0.383 e. The molecule has 0 spiro atoms. The molecule has 0 aliphatic rings. The molecule has 0 aliphatic heterocycles. The predicted octanol–water partition coefficient (Wildman–Crippen LogP) is 1.87. The van der Waals surface area contributed by atoms with Crippen LogP contribution in [0.25, 0.3) is 0 Å². The number of nitriles is 1. The number of ether oxygens (including phenoxy) is 1. The van der Waals surface area contributed by atoms with Gasteiger partial charge >= 0.3 is 0 Å². The topological polar surface area (TPSA) is 70.4 Å². The zero-order valence-corrected chi connectivity index (χ0v) is 12.5. The first kappa shape index (κ1) is 15.9. The second kappa shape index (κ2) is 6.35. The van der Waals surface area contributed by atoms with Gasteiger partial charge in [-0.05, 0) is 25.1 Å². The van der Waals surface area contributed by atoms with E-state index >= 15 is 0 Å². The van der Waals surface area contributed by atoms with Crippen molar-refractivity contribution in [3.05, 3.63) is 28.8 Å². The summed E-state index contributed by atoms with van der Waals surface area (Å²) in [5.74, 6) is 0. The summed E-state index contributed by atoms with van der Waals surface area (Å²) >= 11 is 5.92. The van der Waals surface area contributed by atoms with E-state index in [2.05, 4.69) is 0 Å². The predicted molar refractivity (Wildman–Crippen MR) is 72.5 cm³/mol. The van der Waals surface area contributed by atoms with Crippen LogP contribution in [0, 0.1) is 11.3 Å². The van der Waals surface area contributed by atoms with Gasteiger partial charge in [-0.3, -0.25) is 0 Å². The van der Waals surface area contributed by atoms with Crippen LogP contribution in [0.2, 0.25) is 5.02 Å². The van der Waals surface area contributed by atoms with Gasteiger partial charge in [0.25, 0.3) is 0 Å². The Bertz CT molecular complexity index is 595. The van der Waals surface area contributed by atoms with E-state index in [-0.39, 0.29) is 28.1 Å². The summed E-state index contributed by atoms with van der Waals surface area (Å²) in [5.41, 5.74) is 0.246. The van der Waals surface area contributed by atoms with Crippen LogP contribution in [-0.2, 0) is 14.8 Å². The van der Waals surface area contributed by atoms with Crippen LogP contribution in [0.1, 0.15) is 12.5 Å². The summed E-state index contributed by atoms with van der Waals surface area (Å²) in [4.78, 5) is -0.0707. The van der Waals surface area contributed by atoms with E-state index < -0.39 is 10.0 Å². The molecule has 0 fully saturated rings. The molecule has 19 heavy (non-hydrogen) atoms. The summed E-state index contributed by atoms with van der Waals surface area (Å²) in [6.07, 6.45) is 0. The molecule has 1 aromatic carbocycles. The third-order valence-electron chi connectivity index (χ3n) is 2.75. The van der Waals surface area contributed by atoms with Crippen molar-refractivity contribution in [2.45, 2.75) is 17.9 Å². The second-order valence-corrected chi connectivity index (χ2v) is 6.46. The van der Waals surface area contributed by atoms with E-state index in [0.717, 1.165) is 0 Å². The minimum Gasteiger partial charge on any atom is -0.383 e. The van der Waals surface area contributed by atoms with E-state index in [1.807, 2.05) is 6.07 Å². The highest BCUT2D eigenvalue weighted by molar-refractivity contribution is 7.89. The van der Waals surface area contributed by atoms with E-state index in [0.29, 0.717) is 0 Å². The lowest BCUT2D eigenvalue weighted by Crippen LogP contribution is -2.37. The Hall–Kier alpha value is -1.13. The van der Waals surface area contributed by atoms with Crippen LogP contribution in [0.15, 0.2) is 23.1 Å². The molecule has 7 heteroatoms. The molecule has 0 radical (unpaired) electrons. The average Bonchev–Trinajstić information content (AvgIpc) is 2.38. The van der Waals surface area contributed by atoms with Gasteiger partial charge < -0.3 is 4.74 Å². The van der Waals surface area contributed by atoms with E-state index in [1.165, 1.54) is 36.7 Å². The summed E-state index contributed by atoms with van der Waals surface area (Å²) < 4.78 is 30.9. The van der Waals surface area contributed by atoms with Crippen LogP contribution in [0.4, 0.5) is 0 Å². The van der Waals surface area contributed by atoms with Crippen molar-refractivity contribution >= 4 is 21.6 Å². The molecular formula is C12H15ClN2O3S. The molecule has 0 saturated heterocycles. The van der Waals surface area contributed by atoms with Gasteiger partial charge in [0.1, 0.15) is 4.90 Å². The Balaban J connectivity index is 3.24. The Morgan fingerprint density at radius 1 is 1.53 bits per heavy atom. The Kier molecular flexibility index (Phi) is 5.32. The molecule has 0 heterocycles. The molecule has 5 nitrogen and oxygen atoms in total. The quantitative estimate of drug-likeness (QED) is 0.832. The van der Waals surface area contributed by atoms with Gasteiger partial charge in [0.2, 0.25) is 10.0 Å². The van der Waals surface area contributed by atoms with Gasteiger partial charge in [0.15, 0.2) is 0 Å². The van der Waals surface area contributed by atoms with E-state index in [4.69, 9.17) is 21.6 Å². The third kappa shape index (κ3) is 3.45. The number of benzene rings is 1. The smallest absolute Gasteiger partial charge is 0.244 e. The van der Waals surface area contributed by atoms with Gasteiger partial charge in [-0.25, -0.2) is 8.42 Å². The summed E-state index contributed by atoms with van der Waals surface area (Å²) in [6.45, 7) is 1.99. The Morgan fingerprint density at radius 2 is 2.16 bits per heavy atom. The first-order valence-electron chi connectivity index (χ1n) is 5.51. The lowest BCUT2D eigenvalue weighted by molar-refractivity contribution is 0.149. The maximum atomic E-state index is 12.4. The monoisotopic (exact) mass is 302 g/mol. The highest BCUT2D eigenvalue weighted by Gasteiger charge is 2.27. The molecule has 1 unspecified atom stereocenters. The minimum atomic E-state index is -3.75. The number of hydrogen-bond acceptors (Lipinski definition) is 4. The van der Waals surface area contributed by atoms with Crippen molar-refractivity contribution in [2.75, 3.05) is 20.8 Å². The first-order chi connectivity index (χ1) is 8.84. The highest BCUT2D eigenvalue weighted by Crippen LogP contribution is 2.26. The maximum Gasteiger partial charge on any atom is 0.244 e. The van der Waals surface area contributed by atoms with Crippen molar-refractivity contribution in [1.82, 2.24) is 4.31 Å². The van der Waals surface area contributed by atoms with Crippen LogP contribution in [0.5, 0.6) is 0 Å². The van der Waals surface area contributed by atoms with Crippen molar-refractivity contribution < 1.29 is 13.2 Å². The molecule has 0 aliphatic carbocycles. The number of rotatable bonds is 5. The minimum absolute atomic E-state index is 0.0707. The van der Waals surface area contributed by atoms with Crippen molar-refractivity contribution in [2.24, 2.45) is 0 Å². The summed E-state index contributed by atoms with van der Waals surface area (Å²) in [7, 11) is -0.800. The fourth-order valence-electron chi connectivity index (χ4n) is 1.51. The van der Waals surface area contributed by atoms with Crippen molar-refractivity contribution in [3.8, 4) is 6.07 Å². The van der Waals surface area contributed by atoms with Crippen LogP contribution >= 0.6 is 11.6 Å². The SMILES string of the molecule is COCC(C)N(C)S(=O)(=O)c1cc(C#N)ccc1Cl. The van der Waals surface area contributed by atoms with Crippen LogP contribution in [0.3, 0.4) is 0 Å². The molecule has 0 amide bonds. The highest BCUT2D eigenvalue weighted by atomic mass is 35.5. The number of nitrogens with zero attached hydrogens (tertiary/aromatic N) is 2. The number of halogens is 1.